The molecule has 0 spiro atoms. The second-order valence-electron chi connectivity index (χ2n) is 4.28. The molecule has 3 rings (SSSR count). The number of hydrogen-bond acceptors (Lipinski definition) is 5. The molecule has 22 heavy (non-hydrogen) atoms. The number of nitrogens with one attached hydrogen (secondary N) is 1. The summed E-state index contributed by atoms with van der Waals surface area (Å²) in [4.78, 5) is 1.02. The van der Waals surface area contributed by atoms with Crippen LogP contribution < -0.4 is 4.74 Å². The average Bonchev–Trinajstić information content (AvgIpc) is 3.11. The molecule has 0 amide bonds. The van der Waals surface area contributed by atoms with Crippen molar-refractivity contribution in [1.82, 2.24) is 14.9 Å². The van der Waals surface area contributed by atoms with Crippen LogP contribution in [0.25, 0.3) is 11.4 Å². The number of aromatic amines is 1. The van der Waals surface area contributed by atoms with Crippen molar-refractivity contribution in [2.45, 2.75) is 0 Å². The van der Waals surface area contributed by atoms with Gasteiger partial charge in [0.05, 0.1) is 17.1 Å². The molecule has 0 bridgehead atoms. The zero-order chi connectivity index (χ0) is 15.5. The van der Waals surface area contributed by atoms with Gasteiger partial charge in [-0.2, -0.15) is 14.9 Å². The van der Waals surface area contributed by atoms with E-state index in [9.17, 15) is 0 Å². The molecule has 0 atom stereocenters. The zero-order valence-electron chi connectivity index (χ0n) is 11.5. The van der Waals surface area contributed by atoms with E-state index in [1.807, 2.05) is 36.4 Å². The lowest BCUT2D eigenvalue weighted by Gasteiger charge is -2.03. The molecule has 0 saturated carbocycles. The fourth-order valence-corrected chi connectivity index (χ4v) is 3.33. The topological polar surface area (TPSA) is 55.2 Å². The van der Waals surface area contributed by atoms with Crippen LogP contribution in [0.2, 0.25) is 0 Å². The van der Waals surface area contributed by atoms with Crippen LogP contribution in [0.4, 0.5) is 0 Å². The zero-order valence-corrected chi connectivity index (χ0v) is 14.7. The Labute approximate surface area is 144 Å². The number of nitrogens with zero attached hydrogens (tertiary/aromatic N) is 3. The second kappa shape index (κ2) is 6.55. The maximum atomic E-state index is 5.25. The summed E-state index contributed by atoms with van der Waals surface area (Å²) in [5.74, 6) is 1.39. The fraction of sp³-hybridized carbons (Fsp3) is 0.0714. The molecule has 1 aromatic carbocycles. The van der Waals surface area contributed by atoms with Crippen LogP contribution in [-0.2, 0) is 0 Å². The number of benzene rings is 1. The van der Waals surface area contributed by atoms with E-state index in [2.05, 4.69) is 31.2 Å². The van der Waals surface area contributed by atoms with Gasteiger partial charge in [0, 0.05) is 10.4 Å². The van der Waals surface area contributed by atoms with E-state index in [0.717, 1.165) is 20.0 Å². The van der Waals surface area contributed by atoms with Gasteiger partial charge >= 0.3 is 0 Å². The van der Waals surface area contributed by atoms with Crippen molar-refractivity contribution in [2.75, 3.05) is 7.11 Å². The van der Waals surface area contributed by atoms with Crippen molar-refractivity contribution in [2.24, 2.45) is 5.10 Å². The van der Waals surface area contributed by atoms with E-state index < -0.39 is 0 Å². The molecule has 0 aliphatic heterocycles. The quantitative estimate of drug-likeness (QED) is 0.529. The first-order chi connectivity index (χ1) is 10.7. The van der Waals surface area contributed by atoms with Gasteiger partial charge in [0.25, 0.3) is 0 Å². The maximum Gasteiger partial charge on any atom is 0.216 e. The highest BCUT2D eigenvalue weighted by Crippen LogP contribution is 2.23. The molecule has 2 heterocycles. The first kappa shape index (κ1) is 15.1. The molecule has 0 aliphatic rings. The molecular weight excluding hydrogens is 384 g/mol. The summed E-state index contributed by atoms with van der Waals surface area (Å²) in [6.07, 6.45) is 1.75. The summed E-state index contributed by atoms with van der Waals surface area (Å²) in [6, 6.07) is 11.6. The lowest BCUT2D eigenvalue weighted by Crippen LogP contribution is -1.94. The van der Waals surface area contributed by atoms with Gasteiger partial charge in [0.15, 0.2) is 5.82 Å². The standard InChI is InChI=1S/C14H11BrN4OS2/c1-20-10-4-2-3-9(7-10)13-17-18-14(21)19(13)16-8-11-5-6-12(15)22-11/h2-8H,1H3,(H,18,21)/b16-8-. The van der Waals surface area contributed by atoms with E-state index in [1.54, 1.807) is 29.3 Å². The van der Waals surface area contributed by atoms with Gasteiger partial charge in [0.2, 0.25) is 4.77 Å². The lowest BCUT2D eigenvalue weighted by atomic mass is 10.2. The van der Waals surface area contributed by atoms with E-state index in [0.29, 0.717) is 10.6 Å². The Balaban J connectivity index is 2.00. The molecule has 0 aliphatic carbocycles. The van der Waals surface area contributed by atoms with Crippen molar-refractivity contribution in [3.8, 4) is 17.1 Å². The van der Waals surface area contributed by atoms with E-state index in [4.69, 9.17) is 17.0 Å². The van der Waals surface area contributed by atoms with E-state index in [-0.39, 0.29) is 0 Å². The van der Waals surface area contributed by atoms with Gasteiger partial charge in [-0.3, -0.25) is 0 Å². The van der Waals surface area contributed by atoms with Crippen LogP contribution in [0.5, 0.6) is 5.75 Å². The number of aromatic nitrogens is 3. The molecule has 0 radical (unpaired) electrons. The third kappa shape index (κ3) is 3.18. The number of ether oxygens (including phenoxy) is 1. The van der Waals surface area contributed by atoms with Crippen LogP contribution in [0.15, 0.2) is 45.3 Å². The maximum absolute atomic E-state index is 5.25. The highest BCUT2D eigenvalue weighted by atomic mass is 79.9. The van der Waals surface area contributed by atoms with E-state index >= 15 is 0 Å². The Kier molecular flexibility index (Phi) is 4.51. The van der Waals surface area contributed by atoms with Crippen molar-refractivity contribution in [3.63, 3.8) is 0 Å². The molecule has 0 saturated heterocycles. The molecule has 112 valence electrons. The lowest BCUT2D eigenvalue weighted by molar-refractivity contribution is 0.415. The van der Waals surface area contributed by atoms with Crippen LogP contribution >= 0.6 is 39.5 Å². The highest BCUT2D eigenvalue weighted by Gasteiger charge is 2.09. The Bertz CT molecular complexity index is 881. The van der Waals surface area contributed by atoms with Crippen LogP contribution in [0.3, 0.4) is 0 Å². The van der Waals surface area contributed by atoms with Gasteiger partial charge in [-0.1, -0.05) is 12.1 Å². The molecule has 8 heteroatoms. The molecule has 0 unspecified atom stereocenters. The molecule has 3 aromatic rings. The Morgan fingerprint density at radius 3 is 3.00 bits per heavy atom. The number of H-pyrrole nitrogens is 1. The molecular formula is C14H11BrN4OS2. The molecule has 5 nitrogen and oxygen atoms in total. The van der Waals surface area contributed by atoms with Crippen LogP contribution in [0, 0.1) is 4.77 Å². The second-order valence-corrected chi connectivity index (χ2v) is 7.16. The summed E-state index contributed by atoms with van der Waals surface area (Å²) in [6.45, 7) is 0. The Morgan fingerprint density at radius 1 is 1.41 bits per heavy atom. The third-order valence-corrected chi connectivity index (χ3v) is 4.70. The summed E-state index contributed by atoms with van der Waals surface area (Å²) in [5.41, 5.74) is 0.871. The minimum atomic E-state index is 0.435. The summed E-state index contributed by atoms with van der Waals surface area (Å²) >= 11 is 10.3. The average molecular weight is 395 g/mol. The first-order valence-corrected chi connectivity index (χ1v) is 8.30. The predicted molar refractivity (Wildman–Crippen MR) is 94.4 cm³/mol. The number of methoxy groups -OCH3 is 1. The van der Waals surface area contributed by atoms with Crippen molar-refractivity contribution in [3.05, 3.63) is 49.8 Å². The molecule has 0 fully saturated rings. The normalized spacial score (nSPS) is 11.2. The minimum Gasteiger partial charge on any atom is -0.497 e. The monoisotopic (exact) mass is 394 g/mol. The highest BCUT2D eigenvalue weighted by molar-refractivity contribution is 9.11. The number of rotatable bonds is 4. The summed E-state index contributed by atoms with van der Waals surface area (Å²) in [7, 11) is 1.63. The number of thiophene rings is 1. The number of halogens is 1. The van der Waals surface area contributed by atoms with Gasteiger partial charge in [0.1, 0.15) is 5.75 Å². The summed E-state index contributed by atoms with van der Waals surface area (Å²) < 4.78 is 8.32. The van der Waals surface area contributed by atoms with Gasteiger partial charge in [-0.05, 0) is 52.4 Å². The van der Waals surface area contributed by atoms with E-state index in [1.165, 1.54) is 0 Å². The Morgan fingerprint density at radius 2 is 2.27 bits per heavy atom. The van der Waals surface area contributed by atoms with Crippen LogP contribution in [0.1, 0.15) is 4.88 Å². The fourth-order valence-electron chi connectivity index (χ4n) is 1.86. The Hall–Kier alpha value is -1.77. The first-order valence-electron chi connectivity index (χ1n) is 6.29. The van der Waals surface area contributed by atoms with Gasteiger partial charge in [-0.25, -0.2) is 5.10 Å². The van der Waals surface area contributed by atoms with Crippen molar-refractivity contribution >= 4 is 45.7 Å². The van der Waals surface area contributed by atoms with Gasteiger partial charge in [-0.15, -0.1) is 11.3 Å². The number of hydrogen-bond donors (Lipinski definition) is 1. The smallest absolute Gasteiger partial charge is 0.216 e. The van der Waals surface area contributed by atoms with Crippen molar-refractivity contribution < 1.29 is 4.74 Å². The molecule has 2 aromatic heterocycles. The van der Waals surface area contributed by atoms with Gasteiger partial charge < -0.3 is 4.74 Å². The third-order valence-electron chi connectivity index (χ3n) is 2.87. The largest absolute Gasteiger partial charge is 0.497 e. The minimum absolute atomic E-state index is 0.435. The molecule has 1 N–H and O–H groups in total. The SMILES string of the molecule is COc1cccc(-c2n[nH]c(=S)n2/N=C\c2ccc(Br)s2)c1. The van der Waals surface area contributed by atoms with Crippen molar-refractivity contribution in [1.29, 1.82) is 0 Å². The summed E-state index contributed by atoms with van der Waals surface area (Å²) in [5, 5.41) is 11.4. The predicted octanol–water partition coefficient (Wildman–Crippen LogP) is 4.32. The van der Waals surface area contributed by atoms with Crippen LogP contribution in [-0.4, -0.2) is 28.2 Å².